The molecule has 94 valence electrons. The lowest BCUT2D eigenvalue weighted by Crippen LogP contribution is -2.42. The lowest BCUT2D eigenvalue weighted by Gasteiger charge is -2.33. The number of rotatable bonds is 2. The molecule has 1 aromatic heterocycles. The van der Waals surface area contributed by atoms with E-state index < -0.39 is 23.9 Å². The minimum atomic E-state index is -1.24. The highest BCUT2D eigenvalue weighted by Gasteiger charge is 2.38. The lowest BCUT2D eigenvalue weighted by molar-refractivity contribution is -0.0728. The minimum absolute atomic E-state index is 0.00968. The summed E-state index contributed by atoms with van der Waals surface area (Å²) in [6.07, 6.45) is -1.37. The van der Waals surface area contributed by atoms with Crippen molar-refractivity contribution in [3.63, 3.8) is 0 Å². The molecule has 0 radical (unpaired) electrons. The number of ether oxygens (including phenoxy) is 1. The van der Waals surface area contributed by atoms with Gasteiger partial charge in [0.05, 0.1) is 0 Å². The molecule has 17 heavy (non-hydrogen) atoms. The SMILES string of the molecule is CCC[C@@H]1Oc2cc(C)oc(=O)c2[C@@H](O)[C@H]1O. The maximum absolute atomic E-state index is 11.6. The number of hydrogen-bond acceptors (Lipinski definition) is 5. The van der Waals surface area contributed by atoms with Gasteiger partial charge in [-0.2, -0.15) is 0 Å². The van der Waals surface area contributed by atoms with Gasteiger partial charge in [-0.05, 0) is 13.3 Å². The van der Waals surface area contributed by atoms with E-state index in [1.807, 2.05) is 6.92 Å². The average Bonchev–Trinajstić information content (AvgIpc) is 2.24. The molecule has 2 N–H and O–H groups in total. The first-order valence-corrected chi connectivity index (χ1v) is 5.72. The predicted octanol–water partition coefficient (Wildman–Crippen LogP) is 0.904. The zero-order chi connectivity index (χ0) is 12.6. The van der Waals surface area contributed by atoms with Crippen LogP contribution in [-0.4, -0.2) is 22.4 Å². The zero-order valence-electron chi connectivity index (χ0n) is 9.84. The van der Waals surface area contributed by atoms with Gasteiger partial charge in [0, 0.05) is 6.07 Å². The van der Waals surface area contributed by atoms with Gasteiger partial charge in [-0.3, -0.25) is 0 Å². The largest absolute Gasteiger partial charge is 0.487 e. The Morgan fingerprint density at radius 1 is 1.41 bits per heavy atom. The molecule has 5 nitrogen and oxygen atoms in total. The maximum Gasteiger partial charge on any atom is 0.345 e. The number of hydrogen-bond donors (Lipinski definition) is 2. The number of aliphatic hydroxyl groups excluding tert-OH is 2. The Kier molecular flexibility index (Phi) is 3.22. The predicted molar refractivity (Wildman–Crippen MR) is 60.0 cm³/mol. The Morgan fingerprint density at radius 2 is 2.12 bits per heavy atom. The molecule has 2 heterocycles. The van der Waals surface area contributed by atoms with Crippen LogP contribution in [0.25, 0.3) is 0 Å². The van der Waals surface area contributed by atoms with Gasteiger partial charge in [-0.15, -0.1) is 0 Å². The molecular weight excluding hydrogens is 224 g/mol. The smallest absolute Gasteiger partial charge is 0.345 e. The van der Waals surface area contributed by atoms with Crippen molar-refractivity contribution in [1.29, 1.82) is 0 Å². The van der Waals surface area contributed by atoms with E-state index in [-0.39, 0.29) is 5.56 Å². The highest BCUT2D eigenvalue weighted by molar-refractivity contribution is 5.36. The van der Waals surface area contributed by atoms with E-state index >= 15 is 0 Å². The van der Waals surface area contributed by atoms with Gasteiger partial charge >= 0.3 is 5.63 Å². The topological polar surface area (TPSA) is 79.9 Å². The van der Waals surface area contributed by atoms with Crippen LogP contribution in [0.1, 0.15) is 37.2 Å². The normalized spacial score (nSPS) is 27.4. The zero-order valence-corrected chi connectivity index (χ0v) is 9.84. The van der Waals surface area contributed by atoms with E-state index in [4.69, 9.17) is 9.15 Å². The van der Waals surface area contributed by atoms with Gasteiger partial charge in [0.25, 0.3) is 0 Å². The Hall–Kier alpha value is -1.33. The first-order valence-electron chi connectivity index (χ1n) is 5.72. The van der Waals surface area contributed by atoms with E-state index in [0.29, 0.717) is 17.9 Å². The molecule has 3 atom stereocenters. The van der Waals surface area contributed by atoms with Crippen LogP contribution >= 0.6 is 0 Å². The molecule has 0 amide bonds. The second-order valence-corrected chi connectivity index (χ2v) is 4.30. The monoisotopic (exact) mass is 240 g/mol. The number of aryl methyl sites for hydroxylation is 1. The van der Waals surface area contributed by atoms with Crippen LogP contribution in [-0.2, 0) is 0 Å². The molecule has 0 saturated heterocycles. The summed E-state index contributed by atoms with van der Waals surface area (Å²) >= 11 is 0. The Balaban J connectivity index is 2.45. The maximum atomic E-state index is 11.6. The van der Waals surface area contributed by atoms with Crippen molar-refractivity contribution in [1.82, 2.24) is 0 Å². The third-order valence-electron chi connectivity index (χ3n) is 2.93. The number of fused-ring (bicyclic) bond motifs is 1. The Morgan fingerprint density at radius 3 is 2.76 bits per heavy atom. The second kappa shape index (κ2) is 4.50. The third kappa shape index (κ3) is 2.08. The third-order valence-corrected chi connectivity index (χ3v) is 2.93. The summed E-state index contributed by atoms with van der Waals surface area (Å²) in [5.41, 5.74) is -0.642. The van der Waals surface area contributed by atoms with E-state index in [9.17, 15) is 15.0 Å². The molecule has 0 bridgehead atoms. The second-order valence-electron chi connectivity index (χ2n) is 4.30. The van der Waals surface area contributed by atoms with Crippen LogP contribution in [0.2, 0.25) is 0 Å². The van der Waals surface area contributed by atoms with Gasteiger partial charge in [0.2, 0.25) is 0 Å². The molecule has 0 spiro atoms. The van der Waals surface area contributed by atoms with Crippen LogP contribution in [0.5, 0.6) is 5.75 Å². The summed E-state index contributed by atoms with van der Waals surface area (Å²) in [4.78, 5) is 11.6. The fraction of sp³-hybridized carbons (Fsp3) is 0.583. The fourth-order valence-electron chi connectivity index (χ4n) is 2.08. The summed E-state index contributed by atoms with van der Waals surface area (Å²) in [6.45, 7) is 3.60. The van der Waals surface area contributed by atoms with Crippen molar-refractivity contribution in [3.8, 4) is 5.75 Å². The Bertz CT molecular complexity index is 464. The fourth-order valence-corrected chi connectivity index (χ4v) is 2.08. The summed E-state index contributed by atoms with van der Waals surface area (Å²) in [5, 5.41) is 19.8. The number of aliphatic hydroxyl groups is 2. The van der Waals surface area contributed by atoms with Gasteiger partial charge in [-0.25, -0.2) is 4.79 Å². The quantitative estimate of drug-likeness (QED) is 0.803. The summed E-state index contributed by atoms with van der Waals surface area (Å²) in [5.74, 6) is 0.739. The standard InChI is InChI=1S/C12H16O5/c1-3-4-7-10(13)11(14)9-8(17-7)5-6(2)16-12(9)15/h5,7,10-11,13-14H,3-4H2,1-2H3/t7-,10-,11+/m0/s1. The van der Waals surface area contributed by atoms with Crippen molar-refractivity contribution in [2.75, 3.05) is 0 Å². The molecule has 0 aliphatic carbocycles. The van der Waals surface area contributed by atoms with Crippen LogP contribution in [0.3, 0.4) is 0 Å². The van der Waals surface area contributed by atoms with E-state index in [2.05, 4.69) is 0 Å². The Labute approximate surface area is 98.6 Å². The van der Waals surface area contributed by atoms with Gasteiger partial charge in [-0.1, -0.05) is 13.3 Å². The first kappa shape index (κ1) is 12.1. The highest BCUT2D eigenvalue weighted by atomic mass is 16.5. The molecule has 5 heteroatoms. The summed E-state index contributed by atoms with van der Waals surface area (Å²) in [7, 11) is 0. The van der Waals surface area contributed by atoms with Crippen molar-refractivity contribution in [2.24, 2.45) is 0 Å². The van der Waals surface area contributed by atoms with E-state index in [1.165, 1.54) is 0 Å². The molecule has 1 aliphatic rings. The molecule has 1 aliphatic heterocycles. The van der Waals surface area contributed by atoms with E-state index in [0.717, 1.165) is 6.42 Å². The molecule has 0 aromatic carbocycles. The first-order chi connectivity index (χ1) is 8.04. The lowest BCUT2D eigenvalue weighted by atomic mass is 9.95. The van der Waals surface area contributed by atoms with Crippen LogP contribution < -0.4 is 10.4 Å². The molecule has 0 fully saturated rings. The van der Waals surface area contributed by atoms with Crippen molar-refractivity contribution >= 4 is 0 Å². The van der Waals surface area contributed by atoms with Crippen molar-refractivity contribution in [2.45, 2.75) is 45.0 Å². The molecule has 2 rings (SSSR count). The van der Waals surface area contributed by atoms with Crippen LogP contribution in [0.15, 0.2) is 15.3 Å². The highest BCUT2D eigenvalue weighted by Crippen LogP contribution is 2.34. The average molecular weight is 240 g/mol. The van der Waals surface area contributed by atoms with Crippen LogP contribution in [0, 0.1) is 6.92 Å². The molecule has 1 aromatic rings. The van der Waals surface area contributed by atoms with Crippen LogP contribution in [0.4, 0.5) is 0 Å². The minimum Gasteiger partial charge on any atom is -0.487 e. The van der Waals surface area contributed by atoms with E-state index in [1.54, 1.807) is 13.0 Å². The molecular formula is C12H16O5. The van der Waals surface area contributed by atoms with Gasteiger partial charge in [0.15, 0.2) is 0 Å². The summed E-state index contributed by atoms with van der Waals surface area (Å²) < 4.78 is 10.4. The van der Waals surface area contributed by atoms with Crippen molar-refractivity contribution in [3.05, 3.63) is 27.8 Å². The molecule has 0 saturated carbocycles. The van der Waals surface area contributed by atoms with Gasteiger partial charge < -0.3 is 19.4 Å². The molecule has 0 unspecified atom stereocenters. The van der Waals surface area contributed by atoms with Gasteiger partial charge in [0.1, 0.15) is 35.4 Å². The van der Waals surface area contributed by atoms with Crippen molar-refractivity contribution < 1.29 is 19.4 Å². The summed E-state index contributed by atoms with van der Waals surface area (Å²) in [6, 6.07) is 1.56.